The van der Waals surface area contributed by atoms with Crippen molar-refractivity contribution >= 4 is 57.2 Å². The minimum atomic E-state index is -0.548. The number of benzene rings is 3. The molecule has 3 aromatic carbocycles. The van der Waals surface area contributed by atoms with E-state index in [1.54, 1.807) is 6.92 Å². The standard InChI is InChI=1S/C53H62N2O3S3/c1-9-12-14-16-18-34-28-43(59-51(34)31(6)11-3)39-24-25-40(50-49(39)54-61-55-50)44-29-35(19-17-15-13-10-2)52(60-44)36-21-23-38-42(27-36)46-37-22-20-33(30(4)5)26-41(37)47(38)48(53(57)58-8)45(46)32(7)56/h20-31,45-48H,9-19H2,1-8H3. The summed E-state index contributed by atoms with van der Waals surface area (Å²) >= 11 is 5.12. The van der Waals surface area contributed by atoms with Crippen LogP contribution < -0.4 is 0 Å². The molecule has 320 valence electrons. The van der Waals surface area contributed by atoms with Gasteiger partial charge in [0.1, 0.15) is 16.8 Å². The number of esters is 1. The van der Waals surface area contributed by atoms with Crippen LogP contribution in [0, 0.1) is 11.8 Å². The predicted octanol–water partition coefficient (Wildman–Crippen LogP) is 15.3. The van der Waals surface area contributed by atoms with Crippen LogP contribution in [0.15, 0.2) is 60.7 Å². The van der Waals surface area contributed by atoms with Gasteiger partial charge in [0.15, 0.2) is 0 Å². The number of carbonyl (C=O) groups excluding carboxylic acids is 2. The van der Waals surface area contributed by atoms with Gasteiger partial charge in [-0.3, -0.25) is 9.59 Å². The molecule has 3 aromatic heterocycles. The van der Waals surface area contributed by atoms with E-state index in [-0.39, 0.29) is 23.6 Å². The van der Waals surface area contributed by atoms with Crippen LogP contribution in [0.3, 0.4) is 0 Å². The lowest BCUT2D eigenvalue weighted by molar-refractivity contribution is -0.151. The summed E-state index contributed by atoms with van der Waals surface area (Å²) in [6.45, 7) is 15.3. The fraction of sp³-hybridized carbons (Fsp3) is 0.472. The van der Waals surface area contributed by atoms with Gasteiger partial charge in [-0.15, -0.1) is 22.7 Å². The molecule has 3 aliphatic rings. The van der Waals surface area contributed by atoms with Crippen molar-refractivity contribution in [3.8, 4) is 31.3 Å². The molecular formula is C53H62N2O3S3. The molecular weight excluding hydrogens is 809 g/mol. The lowest BCUT2D eigenvalue weighted by atomic mass is 9.53. The molecule has 0 aliphatic heterocycles. The number of fused-ring (bicyclic) bond motifs is 2. The second-order valence-corrected chi connectivity index (χ2v) is 20.7. The summed E-state index contributed by atoms with van der Waals surface area (Å²) in [5.74, 6) is -0.835. The number of unbranched alkanes of at least 4 members (excludes halogenated alkanes) is 6. The van der Waals surface area contributed by atoms with Crippen molar-refractivity contribution in [1.82, 2.24) is 8.75 Å². The number of hydrogen-bond donors (Lipinski definition) is 0. The third-order valence-electron chi connectivity index (χ3n) is 13.8. The zero-order chi connectivity index (χ0) is 42.9. The molecule has 6 aromatic rings. The lowest BCUT2D eigenvalue weighted by Crippen LogP contribution is -2.46. The maximum absolute atomic E-state index is 13.7. The molecule has 0 fully saturated rings. The molecule has 5 unspecified atom stereocenters. The van der Waals surface area contributed by atoms with E-state index < -0.39 is 11.8 Å². The van der Waals surface area contributed by atoms with Crippen LogP contribution in [0.2, 0.25) is 0 Å². The highest BCUT2D eigenvalue weighted by atomic mass is 32.1. The number of methoxy groups -OCH3 is 1. The van der Waals surface area contributed by atoms with E-state index in [0.29, 0.717) is 11.8 Å². The maximum atomic E-state index is 13.7. The Balaban J connectivity index is 1.21. The second kappa shape index (κ2) is 18.8. The maximum Gasteiger partial charge on any atom is 0.310 e. The van der Waals surface area contributed by atoms with Gasteiger partial charge in [0.05, 0.1) is 24.8 Å². The lowest BCUT2D eigenvalue weighted by Gasteiger charge is -2.49. The van der Waals surface area contributed by atoms with E-state index in [9.17, 15) is 9.59 Å². The first kappa shape index (κ1) is 43.7. The third-order valence-corrected chi connectivity index (χ3v) is 17.0. The fourth-order valence-electron chi connectivity index (χ4n) is 10.3. The van der Waals surface area contributed by atoms with Gasteiger partial charge in [-0.1, -0.05) is 123 Å². The Kier molecular flexibility index (Phi) is 13.4. The minimum absolute atomic E-state index is 0.0428. The molecule has 3 heterocycles. The summed E-state index contributed by atoms with van der Waals surface area (Å²) < 4.78 is 15.4. The summed E-state index contributed by atoms with van der Waals surface area (Å²) in [5.41, 5.74) is 14.3. The highest BCUT2D eigenvalue weighted by molar-refractivity contribution is 7.19. The number of thiophene rings is 2. The largest absolute Gasteiger partial charge is 0.469 e. The Morgan fingerprint density at radius 3 is 1.87 bits per heavy atom. The predicted molar refractivity (Wildman–Crippen MR) is 258 cm³/mol. The van der Waals surface area contributed by atoms with Crippen LogP contribution in [0.5, 0.6) is 0 Å². The number of nitrogens with zero attached hydrogens (tertiary/aromatic N) is 2. The molecule has 0 saturated heterocycles. The summed E-state index contributed by atoms with van der Waals surface area (Å²) in [7, 11) is 1.45. The van der Waals surface area contributed by atoms with Crippen molar-refractivity contribution in [3.05, 3.63) is 104 Å². The van der Waals surface area contributed by atoms with Gasteiger partial charge >= 0.3 is 5.97 Å². The van der Waals surface area contributed by atoms with Crippen LogP contribution in [0.25, 0.3) is 42.4 Å². The average molecular weight is 871 g/mol. The third kappa shape index (κ3) is 8.22. The van der Waals surface area contributed by atoms with Crippen LogP contribution in [0.4, 0.5) is 0 Å². The number of rotatable bonds is 18. The Morgan fingerprint density at radius 2 is 1.26 bits per heavy atom. The first-order valence-corrected chi connectivity index (χ1v) is 25.3. The van der Waals surface area contributed by atoms with E-state index in [1.165, 1.54) is 128 Å². The Labute approximate surface area is 375 Å². The first-order valence-electron chi connectivity index (χ1n) is 23.0. The molecule has 0 amide bonds. The van der Waals surface area contributed by atoms with Gasteiger partial charge < -0.3 is 4.74 Å². The van der Waals surface area contributed by atoms with E-state index in [2.05, 4.69) is 102 Å². The van der Waals surface area contributed by atoms with Crippen LogP contribution in [-0.4, -0.2) is 27.6 Å². The van der Waals surface area contributed by atoms with Crippen molar-refractivity contribution in [3.63, 3.8) is 0 Å². The zero-order valence-corrected chi connectivity index (χ0v) is 39.8. The smallest absolute Gasteiger partial charge is 0.310 e. The van der Waals surface area contributed by atoms with Gasteiger partial charge in [0.2, 0.25) is 0 Å². The minimum Gasteiger partial charge on any atom is -0.469 e. The molecule has 61 heavy (non-hydrogen) atoms. The zero-order valence-electron chi connectivity index (χ0n) is 37.4. The van der Waals surface area contributed by atoms with Gasteiger partial charge in [0.25, 0.3) is 0 Å². The number of ketones is 1. The normalized spacial score (nSPS) is 18.4. The van der Waals surface area contributed by atoms with Gasteiger partial charge in [-0.25, -0.2) is 0 Å². The molecule has 0 radical (unpaired) electrons. The fourth-order valence-corrected chi connectivity index (χ4v) is 13.5. The van der Waals surface area contributed by atoms with Gasteiger partial charge in [-0.05, 0) is 114 Å². The number of ether oxygens (including phenoxy) is 1. The Morgan fingerprint density at radius 1 is 0.672 bits per heavy atom. The molecule has 3 aliphatic carbocycles. The highest BCUT2D eigenvalue weighted by Crippen LogP contribution is 2.60. The molecule has 9 rings (SSSR count). The monoisotopic (exact) mass is 870 g/mol. The van der Waals surface area contributed by atoms with E-state index >= 15 is 0 Å². The second-order valence-electron chi connectivity index (χ2n) is 18.0. The number of aromatic nitrogens is 2. The van der Waals surface area contributed by atoms with Crippen molar-refractivity contribution in [1.29, 1.82) is 0 Å². The molecule has 5 atom stereocenters. The van der Waals surface area contributed by atoms with Crippen molar-refractivity contribution in [2.75, 3.05) is 7.11 Å². The summed E-state index contributed by atoms with van der Waals surface area (Å²) in [4.78, 5) is 32.6. The van der Waals surface area contributed by atoms with Crippen LogP contribution in [-0.2, 0) is 27.2 Å². The summed E-state index contributed by atoms with van der Waals surface area (Å²) in [5, 5.41) is 0. The molecule has 0 N–H and O–H groups in total. The van der Waals surface area contributed by atoms with E-state index in [4.69, 9.17) is 13.5 Å². The van der Waals surface area contributed by atoms with Gasteiger partial charge in [-0.2, -0.15) is 8.75 Å². The number of hydrogen-bond acceptors (Lipinski definition) is 8. The van der Waals surface area contributed by atoms with Gasteiger partial charge in [0, 0.05) is 48.4 Å². The molecule has 8 heteroatoms. The number of carbonyl (C=O) groups is 2. The Bertz CT molecular complexity index is 2540. The first-order chi connectivity index (χ1) is 29.6. The van der Waals surface area contributed by atoms with Crippen LogP contribution in [0.1, 0.15) is 174 Å². The number of aryl methyl sites for hydroxylation is 2. The Hall–Kier alpha value is -3.98. The topological polar surface area (TPSA) is 69.2 Å². The number of Topliss-reactive ketones (excluding diaryl/α,β-unsaturated/α-hetero) is 1. The van der Waals surface area contributed by atoms with Crippen molar-refractivity contribution < 1.29 is 14.3 Å². The highest BCUT2D eigenvalue weighted by Gasteiger charge is 2.55. The summed E-state index contributed by atoms with van der Waals surface area (Å²) in [6, 6.07) is 23.1. The quantitative estimate of drug-likeness (QED) is 0.0636. The molecule has 2 bridgehead atoms. The molecule has 0 spiro atoms. The van der Waals surface area contributed by atoms with E-state index in [0.717, 1.165) is 47.8 Å². The van der Waals surface area contributed by atoms with Crippen LogP contribution >= 0.6 is 34.4 Å². The SMILES string of the molecule is CCCCCCc1cc(-c2ccc(-c3cc(CCCCCC)c(C(C)CC)s3)c3nsnc23)sc1-c1ccc2c(c1)C1c3ccc(C(C)C)cc3C2C(C(=O)OC)C1C(C)=O. The molecule has 0 saturated carbocycles. The summed E-state index contributed by atoms with van der Waals surface area (Å²) in [6.07, 6.45) is 13.1. The van der Waals surface area contributed by atoms with Crippen molar-refractivity contribution in [2.24, 2.45) is 11.8 Å². The molecule has 5 nitrogen and oxygen atoms in total. The van der Waals surface area contributed by atoms with Crippen molar-refractivity contribution in [2.45, 2.75) is 143 Å². The average Bonchev–Trinajstić information content (AvgIpc) is 4.04. The van der Waals surface area contributed by atoms with E-state index in [1.807, 2.05) is 22.7 Å².